The van der Waals surface area contributed by atoms with E-state index in [1.54, 1.807) is 0 Å². The molecule has 0 fully saturated rings. The van der Waals surface area contributed by atoms with Crippen LogP contribution in [0.2, 0.25) is 0 Å². The minimum Gasteiger partial charge on any atom is -0.485 e. The Morgan fingerprint density at radius 1 is 1.35 bits per heavy atom. The molecule has 0 saturated carbocycles. The van der Waals surface area contributed by atoms with Gasteiger partial charge in [0.1, 0.15) is 5.75 Å². The van der Waals surface area contributed by atoms with Crippen molar-refractivity contribution in [3.8, 4) is 5.75 Å². The van der Waals surface area contributed by atoms with Crippen molar-refractivity contribution in [3.63, 3.8) is 0 Å². The lowest BCUT2D eigenvalue weighted by Crippen LogP contribution is -2.08. The number of nitrogens with zero attached hydrogens (tertiary/aromatic N) is 2. The Labute approximate surface area is 126 Å². The lowest BCUT2D eigenvalue weighted by molar-refractivity contribution is 0.280. The average molecular weight is 340 g/mol. The molecule has 1 aromatic carbocycles. The van der Waals surface area contributed by atoms with Crippen molar-refractivity contribution in [2.75, 3.05) is 0 Å². The van der Waals surface area contributed by atoms with Crippen LogP contribution in [0.5, 0.6) is 5.75 Å². The molecule has 0 unspecified atom stereocenters. The van der Waals surface area contributed by atoms with Gasteiger partial charge in [-0.15, -0.1) is 0 Å². The zero-order valence-electron chi connectivity index (χ0n) is 11.8. The number of aromatic nitrogens is 2. The van der Waals surface area contributed by atoms with E-state index in [-0.39, 0.29) is 18.6 Å². The second-order valence-electron chi connectivity index (χ2n) is 4.96. The van der Waals surface area contributed by atoms with E-state index in [0.29, 0.717) is 11.7 Å². The summed E-state index contributed by atoms with van der Waals surface area (Å²) in [6.07, 6.45) is 0. The predicted octanol–water partition coefficient (Wildman–Crippen LogP) is 3.55. The van der Waals surface area contributed by atoms with E-state index in [0.717, 1.165) is 15.8 Å². The average Bonchev–Trinajstić information content (AvgIpc) is 2.85. The number of ether oxygens (including phenoxy) is 1. The number of halogens is 1. The number of nitrogens with two attached hydrogens (primary N) is 1. The maximum atomic E-state index is 5.93. The molecule has 0 saturated heterocycles. The van der Waals surface area contributed by atoms with Gasteiger partial charge >= 0.3 is 0 Å². The minimum absolute atomic E-state index is 0.102. The Morgan fingerprint density at radius 2 is 2.10 bits per heavy atom. The molecule has 5 nitrogen and oxygen atoms in total. The predicted molar refractivity (Wildman–Crippen MR) is 79.5 cm³/mol. The molecule has 0 aliphatic rings. The summed E-state index contributed by atoms with van der Waals surface area (Å²) >= 11 is 3.42. The summed E-state index contributed by atoms with van der Waals surface area (Å²) < 4.78 is 11.8. The SMILES string of the molecule is CC(C)c1nc(COc2cc(Br)ccc2[C@@H](C)N)no1. The number of hydrogen-bond donors (Lipinski definition) is 1. The van der Waals surface area contributed by atoms with Gasteiger partial charge in [0.05, 0.1) is 0 Å². The van der Waals surface area contributed by atoms with Crippen LogP contribution < -0.4 is 10.5 Å². The van der Waals surface area contributed by atoms with E-state index in [9.17, 15) is 0 Å². The zero-order valence-corrected chi connectivity index (χ0v) is 13.3. The summed E-state index contributed by atoms with van der Waals surface area (Å²) in [5, 5.41) is 3.90. The Bertz CT molecular complexity index is 582. The molecule has 0 radical (unpaired) electrons. The first-order chi connectivity index (χ1) is 9.47. The van der Waals surface area contributed by atoms with Crippen molar-refractivity contribution in [1.82, 2.24) is 10.1 Å². The highest BCUT2D eigenvalue weighted by molar-refractivity contribution is 9.10. The largest absolute Gasteiger partial charge is 0.485 e. The lowest BCUT2D eigenvalue weighted by Gasteiger charge is -2.13. The molecule has 1 heterocycles. The van der Waals surface area contributed by atoms with Gasteiger partial charge in [0.25, 0.3) is 0 Å². The van der Waals surface area contributed by atoms with Crippen molar-refractivity contribution in [3.05, 3.63) is 40.0 Å². The van der Waals surface area contributed by atoms with Crippen LogP contribution in [0, 0.1) is 0 Å². The zero-order chi connectivity index (χ0) is 14.7. The molecule has 0 aliphatic heterocycles. The van der Waals surface area contributed by atoms with Gasteiger partial charge < -0.3 is 15.0 Å². The van der Waals surface area contributed by atoms with Crippen molar-refractivity contribution >= 4 is 15.9 Å². The third-order valence-electron chi connectivity index (χ3n) is 2.80. The molecule has 6 heteroatoms. The van der Waals surface area contributed by atoms with Crippen LogP contribution in [0.3, 0.4) is 0 Å². The quantitative estimate of drug-likeness (QED) is 0.901. The fourth-order valence-corrected chi connectivity index (χ4v) is 2.05. The first-order valence-electron chi connectivity index (χ1n) is 6.47. The van der Waals surface area contributed by atoms with Crippen LogP contribution in [-0.2, 0) is 6.61 Å². The molecule has 1 atom stereocenters. The molecule has 108 valence electrons. The summed E-state index contributed by atoms with van der Waals surface area (Å²) in [7, 11) is 0. The topological polar surface area (TPSA) is 74.2 Å². The Kier molecular flexibility index (Phi) is 4.77. The molecule has 0 amide bonds. The molecular formula is C14H18BrN3O2. The first-order valence-corrected chi connectivity index (χ1v) is 7.27. The van der Waals surface area contributed by atoms with Crippen molar-refractivity contribution in [2.24, 2.45) is 5.73 Å². The van der Waals surface area contributed by atoms with E-state index < -0.39 is 0 Å². The van der Waals surface area contributed by atoms with Crippen LogP contribution in [0.25, 0.3) is 0 Å². The molecule has 0 aliphatic carbocycles. The standard InChI is InChI=1S/C14H18BrN3O2/c1-8(2)14-17-13(18-20-14)7-19-12-6-10(15)4-5-11(12)9(3)16/h4-6,8-9H,7,16H2,1-3H3/t9-/m1/s1. The number of benzene rings is 1. The van der Waals surface area contributed by atoms with Gasteiger partial charge in [-0.25, -0.2) is 0 Å². The van der Waals surface area contributed by atoms with Crippen LogP contribution in [0.1, 0.15) is 50.0 Å². The molecule has 20 heavy (non-hydrogen) atoms. The molecule has 0 bridgehead atoms. The van der Waals surface area contributed by atoms with Crippen molar-refractivity contribution < 1.29 is 9.26 Å². The first kappa shape index (κ1) is 15.0. The van der Waals surface area contributed by atoms with Gasteiger partial charge in [-0.1, -0.05) is 41.0 Å². The van der Waals surface area contributed by atoms with Crippen molar-refractivity contribution in [2.45, 2.75) is 39.3 Å². The van der Waals surface area contributed by atoms with Crippen LogP contribution >= 0.6 is 15.9 Å². The highest BCUT2D eigenvalue weighted by Gasteiger charge is 2.13. The van der Waals surface area contributed by atoms with Crippen LogP contribution in [0.15, 0.2) is 27.2 Å². The van der Waals surface area contributed by atoms with E-state index in [1.165, 1.54) is 0 Å². The third kappa shape index (κ3) is 3.58. The smallest absolute Gasteiger partial charge is 0.229 e. The molecule has 1 aromatic heterocycles. The highest BCUT2D eigenvalue weighted by atomic mass is 79.9. The summed E-state index contributed by atoms with van der Waals surface area (Å²) in [6, 6.07) is 5.67. The minimum atomic E-state index is -0.102. The van der Waals surface area contributed by atoms with Crippen LogP contribution in [0.4, 0.5) is 0 Å². The van der Waals surface area contributed by atoms with E-state index in [1.807, 2.05) is 39.0 Å². The molecule has 2 N–H and O–H groups in total. The normalized spacial score (nSPS) is 12.7. The van der Waals surface area contributed by atoms with Gasteiger partial charge in [0, 0.05) is 22.0 Å². The monoisotopic (exact) mass is 339 g/mol. The third-order valence-corrected chi connectivity index (χ3v) is 3.29. The fourth-order valence-electron chi connectivity index (χ4n) is 1.71. The van der Waals surface area contributed by atoms with Gasteiger partial charge in [-0.2, -0.15) is 4.98 Å². The molecule has 2 aromatic rings. The van der Waals surface area contributed by atoms with Crippen molar-refractivity contribution in [1.29, 1.82) is 0 Å². The lowest BCUT2D eigenvalue weighted by atomic mass is 10.1. The maximum absolute atomic E-state index is 5.93. The molecule has 0 spiro atoms. The Balaban J connectivity index is 2.11. The highest BCUT2D eigenvalue weighted by Crippen LogP contribution is 2.28. The summed E-state index contributed by atoms with van der Waals surface area (Å²) in [5.74, 6) is 2.08. The van der Waals surface area contributed by atoms with E-state index in [2.05, 4.69) is 26.1 Å². The molecule has 2 rings (SSSR count). The maximum Gasteiger partial charge on any atom is 0.229 e. The second-order valence-corrected chi connectivity index (χ2v) is 5.88. The summed E-state index contributed by atoms with van der Waals surface area (Å²) in [5.41, 5.74) is 6.88. The summed E-state index contributed by atoms with van der Waals surface area (Å²) in [6.45, 7) is 6.18. The van der Waals surface area contributed by atoms with Gasteiger partial charge in [0.2, 0.25) is 11.7 Å². The van der Waals surface area contributed by atoms with Gasteiger partial charge in [-0.05, 0) is 19.1 Å². The van der Waals surface area contributed by atoms with Gasteiger partial charge in [-0.3, -0.25) is 0 Å². The Morgan fingerprint density at radius 3 is 2.70 bits per heavy atom. The second kappa shape index (κ2) is 6.37. The Hall–Kier alpha value is -1.40. The summed E-state index contributed by atoms with van der Waals surface area (Å²) in [4.78, 5) is 4.28. The van der Waals surface area contributed by atoms with E-state index in [4.69, 9.17) is 15.0 Å². The fraction of sp³-hybridized carbons (Fsp3) is 0.429. The van der Waals surface area contributed by atoms with Crippen LogP contribution in [-0.4, -0.2) is 10.1 Å². The van der Waals surface area contributed by atoms with E-state index >= 15 is 0 Å². The van der Waals surface area contributed by atoms with Gasteiger partial charge in [0.15, 0.2) is 6.61 Å². The number of rotatable bonds is 5. The number of hydrogen-bond acceptors (Lipinski definition) is 5. The molecular weight excluding hydrogens is 322 g/mol.